The van der Waals surface area contributed by atoms with Gasteiger partial charge in [0.15, 0.2) is 0 Å². The van der Waals surface area contributed by atoms with Gasteiger partial charge in [0.05, 0.1) is 22.5 Å². The summed E-state index contributed by atoms with van der Waals surface area (Å²) in [5, 5.41) is 2.21. The maximum atomic E-state index is 13.6. The number of anilines is 2. The molecular formula is C26H31F6N5O2. The number of rotatable bonds is 8. The van der Waals surface area contributed by atoms with Crippen molar-refractivity contribution in [2.24, 2.45) is 11.8 Å². The molecule has 0 saturated carbocycles. The lowest BCUT2D eigenvalue weighted by Crippen LogP contribution is -2.52. The zero-order valence-electron chi connectivity index (χ0n) is 22.4. The van der Waals surface area contributed by atoms with E-state index >= 15 is 0 Å². The van der Waals surface area contributed by atoms with Crippen molar-refractivity contribution in [1.82, 2.24) is 15.3 Å². The van der Waals surface area contributed by atoms with Crippen LogP contribution in [0.1, 0.15) is 50.2 Å². The Morgan fingerprint density at radius 1 is 0.718 bits per heavy atom. The summed E-state index contributed by atoms with van der Waals surface area (Å²) in [6.45, 7) is 6.99. The summed E-state index contributed by atoms with van der Waals surface area (Å²) in [4.78, 5) is 36.7. The molecule has 1 aliphatic rings. The quantitative estimate of drug-likeness (QED) is 0.367. The number of hydrogen-bond acceptors (Lipinski definition) is 6. The van der Waals surface area contributed by atoms with Gasteiger partial charge in [0.1, 0.15) is 23.7 Å². The zero-order valence-corrected chi connectivity index (χ0v) is 22.4. The number of carbonyl (C=O) groups is 2. The number of alkyl halides is 6. The van der Waals surface area contributed by atoms with Crippen LogP contribution in [0.3, 0.4) is 0 Å². The predicted octanol–water partition coefficient (Wildman–Crippen LogP) is 4.88. The van der Waals surface area contributed by atoms with Gasteiger partial charge >= 0.3 is 12.4 Å². The van der Waals surface area contributed by atoms with Gasteiger partial charge in [0.2, 0.25) is 0 Å². The van der Waals surface area contributed by atoms with E-state index in [4.69, 9.17) is 0 Å². The first-order valence-corrected chi connectivity index (χ1v) is 12.4. The van der Waals surface area contributed by atoms with E-state index in [0.29, 0.717) is 0 Å². The summed E-state index contributed by atoms with van der Waals surface area (Å²) in [5.74, 6) is -1.65. The van der Waals surface area contributed by atoms with Gasteiger partial charge in [-0.15, -0.1) is 0 Å². The average molecular weight is 560 g/mol. The van der Waals surface area contributed by atoms with E-state index in [-0.39, 0.29) is 47.7 Å². The lowest BCUT2D eigenvalue weighted by molar-refractivity contribution is -0.139. The molecule has 2 unspecified atom stereocenters. The highest BCUT2D eigenvalue weighted by Gasteiger charge is 2.48. The minimum atomic E-state index is -4.63. The number of halogens is 6. The Balaban J connectivity index is 2.02. The highest BCUT2D eigenvalue weighted by molar-refractivity contribution is 6.11. The lowest BCUT2D eigenvalue weighted by Gasteiger charge is -2.33. The molecule has 7 nitrogen and oxygen atoms in total. The van der Waals surface area contributed by atoms with Crippen molar-refractivity contribution in [2.45, 2.75) is 65.0 Å². The van der Waals surface area contributed by atoms with Crippen LogP contribution in [-0.2, 0) is 34.8 Å². The van der Waals surface area contributed by atoms with Gasteiger partial charge in [0, 0.05) is 14.1 Å². The Morgan fingerprint density at radius 2 is 1.05 bits per heavy atom. The first-order chi connectivity index (χ1) is 17.9. The lowest BCUT2D eigenvalue weighted by atomic mass is 10.0. The molecule has 2 atom stereocenters. The van der Waals surface area contributed by atoms with Gasteiger partial charge in [-0.25, -0.2) is 9.97 Å². The van der Waals surface area contributed by atoms with Crippen LogP contribution in [0.25, 0.3) is 0 Å². The van der Waals surface area contributed by atoms with Crippen LogP contribution < -0.4 is 15.1 Å². The first-order valence-electron chi connectivity index (χ1n) is 12.4. The largest absolute Gasteiger partial charge is 0.418 e. The van der Waals surface area contributed by atoms with Gasteiger partial charge in [-0.2, -0.15) is 26.3 Å². The van der Waals surface area contributed by atoms with Crippen LogP contribution >= 0.6 is 0 Å². The Hall–Kier alpha value is -3.38. The number of pyridine rings is 2. The van der Waals surface area contributed by atoms with Crippen LogP contribution in [0.15, 0.2) is 24.3 Å². The van der Waals surface area contributed by atoms with Crippen LogP contribution in [0, 0.1) is 11.8 Å². The maximum absolute atomic E-state index is 13.6. The number of carbonyl (C=O) groups excluding carboxylic acids is 2. The molecule has 2 amide bonds. The molecule has 3 rings (SSSR count). The summed E-state index contributed by atoms with van der Waals surface area (Å²) < 4.78 is 81.4. The van der Waals surface area contributed by atoms with E-state index in [9.17, 15) is 35.9 Å². The molecule has 0 aliphatic carbocycles. The van der Waals surface area contributed by atoms with Crippen molar-refractivity contribution in [3.8, 4) is 0 Å². The molecule has 13 heteroatoms. The topological polar surface area (TPSA) is 78.4 Å². The summed E-state index contributed by atoms with van der Waals surface area (Å²) in [6, 6.07) is 1.54. The van der Waals surface area contributed by atoms with Gasteiger partial charge in [-0.05, 0) is 48.9 Å². The highest BCUT2D eigenvalue weighted by atomic mass is 19.4. The second kappa shape index (κ2) is 11.0. The van der Waals surface area contributed by atoms with Crippen molar-refractivity contribution in [3.63, 3.8) is 0 Å². The SMILES string of the molecule is CC(C)Cc1nc(N(C)C2C(=O)NC(=O)C2N(C)c2ccc(C(F)(F)F)c(CC(C)C)n2)ccc1C(F)(F)F. The Labute approximate surface area is 222 Å². The van der Waals surface area contributed by atoms with Crippen molar-refractivity contribution in [1.29, 1.82) is 0 Å². The molecular weight excluding hydrogens is 528 g/mol. The van der Waals surface area contributed by atoms with E-state index in [0.717, 1.165) is 24.3 Å². The molecule has 214 valence electrons. The highest BCUT2D eigenvalue weighted by Crippen LogP contribution is 2.36. The Morgan fingerprint density at radius 3 is 1.33 bits per heavy atom. The molecule has 1 aliphatic heterocycles. The predicted molar refractivity (Wildman–Crippen MR) is 133 cm³/mol. The van der Waals surface area contributed by atoms with E-state index in [1.165, 1.54) is 23.9 Å². The van der Waals surface area contributed by atoms with Crippen molar-refractivity contribution in [3.05, 3.63) is 46.8 Å². The maximum Gasteiger partial charge on any atom is 0.418 e. The second-order valence-corrected chi connectivity index (χ2v) is 10.5. The number of aromatic nitrogens is 2. The van der Waals surface area contributed by atoms with Gasteiger partial charge in [0.25, 0.3) is 11.8 Å². The normalized spacial score (nSPS) is 18.2. The van der Waals surface area contributed by atoms with Crippen LogP contribution in [0.4, 0.5) is 38.0 Å². The number of amides is 2. The number of likely N-dealkylation sites (N-methyl/N-ethyl adjacent to an activating group) is 2. The molecule has 1 saturated heterocycles. The Kier molecular flexibility index (Phi) is 8.51. The van der Waals surface area contributed by atoms with Gasteiger partial charge in [-0.3, -0.25) is 14.9 Å². The molecule has 1 N–H and O–H groups in total. The summed E-state index contributed by atoms with van der Waals surface area (Å²) in [6.07, 6.45) is -9.19. The fraction of sp³-hybridized carbons (Fsp3) is 0.538. The van der Waals surface area contributed by atoms with E-state index in [1.807, 2.05) is 0 Å². The van der Waals surface area contributed by atoms with Gasteiger partial charge < -0.3 is 9.80 Å². The molecule has 39 heavy (non-hydrogen) atoms. The molecule has 2 aromatic rings. The van der Waals surface area contributed by atoms with Crippen LogP contribution in [0.2, 0.25) is 0 Å². The van der Waals surface area contributed by atoms with Crippen LogP contribution in [-0.4, -0.2) is 48.0 Å². The van der Waals surface area contributed by atoms with Gasteiger partial charge in [-0.1, -0.05) is 27.7 Å². The van der Waals surface area contributed by atoms with Crippen molar-refractivity contribution >= 4 is 23.5 Å². The molecule has 3 heterocycles. The second-order valence-electron chi connectivity index (χ2n) is 10.5. The number of nitrogens with zero attached hydrogens (tertiary/aromatic N) is 4. The monoisotopic (exact) mass is 559 g/mol. The van der Waals surface area contributed by atoms with E-state index in [1.54, 1.807) is 27.7 Å². The molecule has 0 bridgehead atoms. The standard InChI is InChI=1S/C26H31F6N5O2/c1-13(2)11-17-15(25(27,28)29)7-9-19(33-17)36(5)21-22(24(39)35-23(21)38)37(6)20-10-8-16(26(30,31)32)18(34-20)12-14(3)4/h7-10,13-14,21-22H,11-12H2,1-6H3,(H,35,38,39). The third-order valence-corrected chi connectivity index (χ3v) is 6.37. The van der Waals surface area contributed by atoms with Crippen molar-refractivity contribution in [2.75, 3.05) is 23.9 Å². The molecule has 0 spiro atoms. The smallest absolute Gasteiger partial charge is 0.345 e. The zero-order chi connectivity index (χ0) is 29.4. The number of hydrogen-bond donors (Lipinski definition) is 1. The average Bonchev–Trinajstić information content (AvgIpc) is 3.09. The fourth-order valence-electron chi connectivity index (χ4n) is 4.59. The molecule has 0 aromatic carbocycles. The van der Waals surface area contributed by atoms with Crippen molar-refractivity contribution < 1.29 is 35.9 Å². The third-order valence-electron chi connectivity index (χ3n) is 6.37. The number of imide groups is 1. The minimum absolute atomic E-state index is 0.0315. The first kappa shape index (κ1) is 30.2. The van der Waals surface area contributed by atoms with E-state index in [2.05, 4.69) is 15.3 Å². The van der Waals surface area contributed by atoms with E-state index < -0.39 is 47.4 Å². The third kappa shape index (κ3) is 6.62. The summed E-state index contributed by atoms with van der Waals surface area (Å²) in [5.41, 5.74) is -2.17. The Bertz CT molecular complexity index is 1130. The van der Waals surface area contributed by atoms with Crippen LogP contribution in [0.5, 0.6) is 0 Å². The minimum Gasteiger partial charge on any atom is -0.345 e. The molecule has 2 aromatic heterocycles. The fourth-order valence-corrected chi connectivity index (χ4v) is 4.59. The summed E-state index contributed by atoms with van der Waals surface area (Å²) in [7, 11) is 2.84. The number of nitrogens with one attached hydrogen (secondary N) is 1. The molecule has 0 radical (unpaired) electrons. The molecule has 1 fully saturated rings. The summed E-state index contributed by atoms with van der Waals surface area (Å²) >= 11 is 0.